The molecule has 1 N–H and O–H groups in total. The molecule has 0 spiro atoms. The van der Waals surface area contributed by atoms with Gasteiger partial charge in [0.05, 0.1) is 11.4 Å². The average molecular weight is 339 g/mol. The second-order valence-corrected chi connectivity index (χ2v) is 7.12. The lowest BCUT2D eigenvalue weighted by Crippen LogP contribution is -2.17. The number of ether oxygens (including phenoxy) is 2. The molecule has 1 saturated carbocycles. The van der Waals surface area contributed by atoms with Gasteiger partial charge in [0, 0.05) is 0 Å². The van der Waals surface area contributed by atoms with Crippen LogP contribution in [-0.4, -0.2) is 23.2 Å². The van der Waals surface area contributed by atoms with Gasteiger partial charge in [-0.05, 0) is 47.9 Å². The lowest BCUT2D eigenvalue weighted by molar-refractivity contribution is 0.171. The summed E-state index contributed by atoms with van der Waals surface area (Å²) in [6.45, 7) is 1.23. The first-order valence-electron chi connectivity index (χ1n) is 8.23. The summed E-state index contributed by atoms with van der Waals surface area (Å²) in [4.78, 5) is 9.82. The SMILES string of the molecule is c1nc(NC(c2ccc3c(c2)OCCO3)C2CC2)c2ccsc2n1. The van der Waals surface area contributed by atoms with Crippen LogP contribution in [0.5, 0.6) is 11.5 Å². The molecule has 2 aliphatic rings. The number of nitrogens with zero attached hydrogens (tertiary/aromatic N) is 2. The maximum atomic E-state index is 5.75. The van der Waals surface area contributed by atoms with E-state index in [0.29, 0.717) is 19.1 Å². The van der Waals surface area contributed by atoms with E-state index in [1.807, 2.05) is 6.07 Å². The zero-order chi connectivity index (χ0) is 15.9. The van der Waals surface area contributed by atoms with Crippen molar-refractivity contribution in [2.24, 2.45) is 5.92 Å². The maximum absolute atomic E-state index is 5.75. The molecule has 2 aromatic heterocycles. The van der Waals surface area contributed by atoms with E-state index in [4.69, 9.17) is 9.47 Å². The van der Waals surface area contributed by atoms with Gasteiger partial charge >= 0.3 is 0 Å². The zero-order valence-corrected chi connectivity index (χ0v) is 13.9. The predicted octanol–water partition coefficient (Wildman–Crippen LogP) is 4.03. The maximum Gasteiger partial charge on any atom is 0.161 e. The van der Waals surface area contributed by atoms with Crippen LogP contribution in [0.25, 0.3) is 10.2 Å². The summed E-state index contributed by atoms with van der Waals surface area (Å²) in [7, 11) is 0. The fraction of sp³-hybridized carbons (Fsp3) is 0.333. The van der Waals surface area contributed by atoms with Gasteiger partial charge in [-0.3, -0.25) is 0 Å². The molecule has 1 aromatic carbocycles. The van der Waals surface area contributed by atoms with Gasteiger partial charge < -0.3 is 14.8 Å². The van der Waals surface area contributed by atoms with E-state index >= 15 is 0 Å². The minimum Gasteiger partial charge on any atom is -0.486 e. The molecule has 3 heterocycles. The fourth-order valence-electron chi connectivity index (χ4n) is 3.21. The molecule has 1 unspecified atom stereocenters. The Balaban J connectivity index is 1.50. The highest BCUT2D eigenvalue weighted by Gasteiger charge is 2.33. The van der Waals surface area contributed by atoms with E-state index in [1.165, 1.54) is 18.4 Å². The Bertz CT molecular complexity index is 891. The first-order chi connectivity index (χ1) is 11.9. The molecule has 3 aromatic rings. The topological polar surface area (TPSA) is 56.3 Å². The van der Waals surface area contributed by atoms with Crippen molar-refractivity contribution >= 4 is 27.4 Å². The van der Waals surface area contributed by atoms with Crippen molar-refractivity contribution in [3.8, 4) is 11.5 Å². The molecule has 0 radical (unpaired) electrons. The highest BCUT2D eigenvalue weighted by atomic mass is 32.1. The third-order valence-electron chi connectivity index (χ3n) is 4.57. The highest BCUT2D eigenvalue weighted by molar-refractivity contribution is 7.16. The van der Waals surface area contributed by atoms with E-state index < -0.39 is 0 Å². The van der Waals surface area contributed by atoms with Gasteiger partial charge in [0.15, 0.2) is 11.5 Å². The van der Waals surface area contributed by atoms with Crippen LogP contribution in [0.3, 0.4) is 0 Å². The fourth-order valence-corrected chi connectivity index (χ4v) is 3.94. The molecule has 122 valence electrons. The molecule has 0 saturated heterocycles. The summed E-state index contributed by atoms with van der Waals surface area (Å²) in [5.41, 5.74) is 1.23. The Morgan fingerprint density at radius 3 is 2.83 bits per heavy atom. The van der Waals surface area contributed by atoms with Crippen molar-refractivity contribution in [2.45, 2.75) is 18.9 Å². The Kier molecular flexibility index (Phi) is 3.29. The normalized spacial score (nSPS) is 17.7. The smallest absolute Gasteiger partial charge is 0.161 e. The van der Waals surface area contributed by atoms with Gasteiger partial charge in [-0.1, -0.05) is 6.07 Å². The van der Waals surface area contributed by atoms with E-state index in [0.717, 1.165) is 27.5 Å². The van der Waals surface area contributed by atoms with E-state index in [9.17, 15) is 0 Å². The number of nitrogens with one attached hydrogen (secondary N) is 1. The molecule has 1 aliphatic carbocycles. The second-order valence-electron chi connectivity index (χ2n) is 6.22. The molecule has 5 rings (SSSR count). The Morgan fingerprint density at radius 1 is 1.08 bits per heavy atom. The summed E-state index contributed by atoms with van der Waals surface area (Å²) in [6, 6.07) is 8.57. The van der Waals surface area contributed by atoms with Crippen molar-refractivity contribution in [3.05, 3.63) is 41.5 Å². The molecule has 5 nitrogen and oxygen atoms in total. The van der Waals surface area contributed by atoms with Gasteiger partial charge in [-0.25, -0.2) is 9.97 Å². The third kappa shape index (κ3) is 2.47. The van der Waals surface area contributed by atoms with Gasteiger partial charge in [0.1, 0.15) is 30.2 Å². The van der Waals surface area contributed by atoms with Crippen molar-refractivity contribution in [2.75, 3.05) is 18.5 Å². The first kappa shape index (κ1) is 14.0. The molecular weight excluding hydrogens is 322 g/mol. The third-order valence-corrected chi connectivity index (χ3v) is 5.39. The molecule has 1 atom stereocenters. The predicted molar refractivity (Wildman–Crippen MR) is 93.9 cm³/mol. The van der Waals surface area contributed by atoms with E-state index in [1.54, 1.807) is 17.7 Å². The van der Waals surface area contributed by atoms with Crippen LogP contribution in [0, 0.1) is 5.92 Å². The number of hydrogen-bond acceptors (Lipinski definition) is 6. The Morgan fingerprint density at radius 2 is 1.96 bits per heavy atom. The van der Waals surface area contributed by atoms with Crippen LogP contribution in [0.4, 0.5) is 5.82 Å². The zero-order valence-electron chi connectivity index (χ0n) is 13.1. The van der Waals surface area contributed by atoms with E-state index in [2.05, 4.69) is 38.9 Å². The number of anilines is 1. The van der Waals surface area contributed by atoms with Crippen molar-refractivity contribution in [3.63, 3.8) is 0 Å². The number of thiophene rings is 1. The molecular formula is C18H17N3O2S. The van der Waals surface area contributed by atoms with Crippen LogP contribution < -0.4 is 14.8 Å². The van der Waals surface area contributed by atoms with Crippen molar-refractivity contribution in [1.82, 2.24) is 9.97 Å². The average Bonchev–Trinajstić information content (AvgIpc) is 3.35. The monoisotopic (exact) mass is 339 g/mol. The van der Waals surface area contributed by atoms with Gasteiger partial charge in [0.25, 0.3) is 0 Å². The minimum absolute atomic E-state index is 0.235. The number of fused-ring (bicyclic) bond motifs is 2. The molecule has 6 heteroatoms. The second kappa shape index (κ2) is 5.63. The quantitative estimate of drug-likeness (QED) is 0.778. The lowest BCUT2D eigenvalue weighted by atomic mass is 10.0. The van der Waals surface area contributed by atoms with Crippen LogP contribution in [-0.2, 0) is 0 Å². The summed E-state index contributed by atoms with van der Waals surface area (Å²) in [5, 5.41) is 6.80. The van der Waals surface area contributed by atoms with Crippen molar-refractivity contribution in [1.29, 1.82) is 0 Å². The Labute approximate surface area is 143 Å². The minimum atomic E-state index is 0.235. The van der Waals surface area contributed by atoms with Crippen LogP contribution in [0.1, 0.15) is 24.4 Å². The molecule has 0 bridgehead atoms. The summed E-state index contributed by atoms with van der Waals surface area (Å²) >= 11 is 1.64. The summed E-state index contributed by atoms with van der Waals surface area (Å²) < 4.78 is 11.4. The van der Waals surface area contributed by atoms with Crippen LogP contribution >= 0.6 is 11.3 Å². The van der Waals surface area contributed by atoms with Crippen molar-refractivity contribution < 1.29 is 9.47 Å². The summed E-state index contributed by atoms with van der Waals surface area (Å²) in [5.74, 6) is 3.22. The number of hydrogen-bond donors (Lipinski definition) is 1. The van der Waals surface area contributed by atoms with Crippen LogP contribution in [0.15, 0.2) is 36.0 Å². The lowest BCUT2D eigenvalue weighted by Gasteiger charge is -2.23. The van der Waals surface area contributed by atoms with Gasteiger partial charge in [0.2, 0.25) is 0 Å². The molecule has 0 amide bonds. The molecule has 1 fully saturated rings. The van der Waals surface area contributed by atoms with E-state index in [-0.39, 0.29) is 6.04 Å². The summed E-state index contributed by atoms with van der Waals surface area (Å²) in [6.07, 6.45) is 4.11. The Hall–Kier alpha value is -2.34. The van der Waals surface area contributed by atoms with Gasteiger partial charge in [-0.15, -0.1) is 11.3 Å². The number of benzene rings is 1. The number of aromatic nitrogens is 2. The molecule has 24 heavy (non-hydrogen) atoms. The standard InChI is InChI=1S/C18H17N3O2S/c1-2-11(1)16(12-3-4-14-15(9-12)23-7-6-22-14)21-17-13-5-8-24-18(13)20-10-19-17/h3-5,8-11,16H,1-2,6-7H2,(H,19,20,21). The van der Waals surface area contributed by atoms with Crippen LogP contribution in [0.2, 0.25) is 0 Å². The number of rotatable bonds is 4. The molecule has 1 aliphatic heterocycles. The van der Waals surface area contributed by atoms with Gasteiger partial charge in [-0.2, -0.15) is 0 Å². The largest absolute Gasteiger partial charge is 0.486 e. The first-order valence-corrected chi connectivity index (χ1v) is 9.11. The highest BCUT2D eigenvalue weighted by Crippen LogP contribution is 2.45.